The molecule has 1 heterocycles. The molecule has 23 heavy (non-hydrogen) atoms. The van der Waals surface area contributed by atoms with Gasteiger partial charge in [-0.2, -0.15) is 5.10 Å². The molecule has 2 aromatic rings. The molecular weight excluding hydrogens is 314 g/mol. The lowest BCUT2D eigenvalue weighted by molar-refractivity contribution is -0.120. The van der Waals surface area contributed by atoms with Crippen LogP contribution in [0.4, 0.5) is 0 Å². The van der Waals surface area contributed by atoms with Crippen molar-refractivity contribution in [3.8, 4) is 11.5 Å². The third-order valence-corrected chi connectivity index (χ3v) is 3.84. The van der Waals surface area contributed by atoms with Crippen LogP contribution < -0.4 is 14.9 Å². The van der Waals surface area contributed by atoms with Gasteiger partial charge in [0.25, 0.3) is 0 Å². The minimum Gasteiger partial charge on any atom is -0.493 e. The molecular formula is C16H19N3O3S. The smallest absolute Gasteiger partial charge is 0.246 e. The lowest BCUT2D eigenvalue weighted by Gasteiger charge is -2.09. The van der Waals surface area contributed by atoms with E-state index in [-0.39, 0.29) is 12.3 Å². The highest BCUT2D eigenvalue weighted by Crippen LogP contribution is 2.27. The standard InChI is InChI=1S/C16H19N3O3S/c1-4-22-13-6-5-12(7-14(13)21-3)9-17-19-15(20)8-16-18-11(2)10-23-16/h5-7,9-10H,4,8H2,1-3H3,(H,19,20)/b17-9-. The molecule has 0 saturated heterocycles. The number of methoxy groups -OCH3 is 1. The normalized spacial score (nSPS) is 10.7. The van der Waals surface area contributed by atoms with Crippen LogP contribution in [0.25, 0.3) is 0 Å². The molecule has 0 unspecified atom stereocenters. The molecule has 7 heteroatoms. The molecule has 2 rings (SSSR count). The van der Waals surface area contributed by atoms with Crippen molar-refractivity contribution < 1.29 is 14.3 Å². The molecule has 1 aromatic heterocycles. The molecule has 0 aliphatic carbocycles. The number of ether oxygens (including phenoxy) is 2. The summed E-state index contributed by atoms with van der Waals surface area (Å²) in [5.41, 5.74) is 4.21. The fourth-order valence-corrected chi connectivity index (χ4v) is 2.65. The second kappa shape index (κ2) is 8.28. The number of hydrogen-bond acceptors (Lipinski definition) is 6. The zero-order valence-electron chi connectivity index (χ0n) is 13.3. The van der Waals surface area contributed by atoms with Crippen LogP contribution in [0.5, 0.6) is 11.5 Å². The molecule has 1 N–H and O–H groups in total. The Hall–Kier alpha value is -2.41. The first-order chi connectivity index (χ1) is 11.1. The maximum Gasteiger partial charge on any atom is 0.246 e. The number of nitrogens with one attached hydrogen (secondary N) is 1. The highest BCUT2D eigenvalue weighted by atomic mass is 32.1. The van der Waals surface area contributed by atoms with Gasteiger partial charge in [0.1, 0.15) is 5.01 Å². The van der Waals surface area contributed by atoms with Crippen LogP contribution in [0.1, 0.15) is 23.2 Å². The number of nitrogens with zero attached hydrogens (tertiary/aromatic N) is 2. The van der Waals surface area contributed by atoms with Gasteiger partial charge in [0.15, 0.2) is 11.5 Å². The minimum atomic E-state index is -0.200. The summed E-state index contributed by atoms with van der Waals surface area (Å²) < 4.78 is 10.7. The Morgan fingerprint density at radius 2 is 2.26 bits per heavy atom. The predicted molar refractivity (Wildman–Crippen MR) is 90.5 cm³/mol. The number of thiazole rings is 1. The summed E-state index contributed by atoms with van der Waals surface area (Å²) in [6.07, 6.45) is 1.78. The van der Waals surface area contributed by atoms with Crippen LogP contribution in [0.15, 0.2) is 28.7 Å². The molecule has 1 aromatic carbocycles. The van der Waals surface area contributed by atoms with E-state index in [0.29, 0.717) is 18.1 Å². The fourth-order valence-electron chi connectivity index (χ4n) is 1.88. The van der Waals surface area contributed by atoms with Crippen molar-refractivity contribution in [1.82, 2.24) is 10.4 Å². The zero-order chi connectivity index (χ0) is 16.7. The lowest BCUT2D eigenvalue weighted by atomic mass is 10.2. The van der Waals surface area contributed by atoms with Crippen LogP contribution in [-0.2, 0) is 11.2 Å². The van der Waals surface area contributed by atoms with Crippen molar-refractivity contribution in [2.45, 2.75) is 20.3 Å². The highest BCUT2D eigenvalue weighted by Gasteiger charge is 2.06. The van der Waals surface area contributed by atoms with E-state index in [0.717, 1.165) is 16.3 Å². The first-order valence-corrected chi connectivity index (χ1v) is 8.04. The number of rotatable bonds is 7. The largest absolute Gasteiger partial charge is 0.493 e. The number of carbonyl (C=O) groups is 1. The van der Waals surface area contributed by atoms with Gasteiger partial charge in [-0.05, 0) is 37.6 Å². The molecule has 0 atom stereocenters. The van der Waals surface area contributed by atoms with Crippen molar-refractivity contribution in [3.63, 3.8) is 0 Å². The molecule has 6 nitrogen and oxygen atoms in total. The van der Waals surface area contributed by atoms with Crippen LogP contribution in [-0.4, -0.2) is 30.8 Å². The molecule has 0 aliphatic rings. The van der Waals surface area contributed by atoms with Crippen molar-refractivity contribution in [1.29, 1.82) is 0 Å². The summed E-state index contributed by atoms with van der Waals surface area (Å²) in [4.78, 5) is 16.0. The summed E-state index contributed by atoms with van der Waals surface area (Å²) in [5.74, 6) is 1.10. The number of amides is 1. The van der Waals surface area contributed by atoms with Crippen LogP contribution in [0.2, 0.25) is 0 Å². The van der Waals surface area contributed by atoms with Crippen molar-refractivity contribution in [2.24, 2.45) is 5.10 Å². The molecule has 0 saturated carbocycles. The highest BCUT2D eigenvalue weighted by molar-refractivity contribution is 7.09. The third kappa shape index (κ3) is 5.07. The van der Waals surface area contributed by atoms with Crippen molar-refractivity contribution in [3.05, 3.63) is 39.8 Å². The van der Waals surface area contributed by atoms with Gasteiger partial charge in [0, 0.05) is 11.1 Å². The number of carbonyl (C=O) groups excluding carboxylic acids is 1. The first kappa shape index (κ1) is 17.0. The monoisotopic (exact) mass is 333 g/mol. The number of aryl methyl sites for hydroxylation is 1. The van der Waals surface area contributed by atoms with Gasteiger partial charge in [-0.15, -0.1) is 11.3 Å². The number of hydrogen-bond donors (Lipinski definition) is 1. The Balaban J connectivity index is 1.93. The van der Waals surface area contributed by atoms with Crippen molar-refractivity contribution in [2.75, 3.05) is 13.7 Å². The quantitative estimate of drug-likeness (QED) is 0.624. The maximum absolute atomic E-state index is 11.8. The van der Waals surface area contributed by atoms with Gasteiger partial charge in [-0.1, -0.05) is 0 Å². The molecule has 1 amide bonds. The Kier molecular flexibility index (Phi) is 6.10. The summed E-state index contributed by atoms with van der Waals surface area (Å²) in [6, 6.07) is 5.45. The lowest BCUT2D eigenvalue weighted by Crippen LogP contribution is -2.19. The van der Waals surface area contributed by atoms with Gasteiger partial charge in [-0.3, -0.25) is 4.79 Å². The fraction of sp³-hybridized carbons (Fsp3) is 0.312. The molecule has 0 radical (unpaired) electrons. The number of benzene rings is 1. The summed E-state index contributed by atoms with van der Waals surface area (Å²) >= 11 is 1.46. The van der Waals surface area contributed by atoms with Gasteiger partial charge in [-0.25, -0.2) is 10.4 Å². The minimum absolute atomic E-state index is 0.200. The summed E-state index contributed by atoms with van der Waals surface area (Å²) in [5, 5.41) is 6.64. The van der Waals surface area contributed by atoms with Gasteiger partial charge in [0.05, 0.1) is 26.4 Å². The second-order valence-corrected chi connectivity index (χ2v) is 5.64. The van der Waals surface area contributed by atoms with E-state index in [1.165, 1.54) is 11.3 Å². The Morgan fingerprint density at radius 1 is 1.43 bits per heavy atom. The third-order valence-electron chi connectivity index (χ3n) is 2.87. The molecule has 0 fully saturated rings. The zero-order valence-corrected chi connectivity index (χ0v) is 14.1. The molecule has 0 spiro atoms. The van der Waals surface area contributed by atoms with Crippen LogP contribution >= 0.6 is 11.3 Å². The Labute approximate surface area is 139 Å². The summed E-state index contributed by atoms with van der Waals surface area (Å²) in [6.45, 7) is 4.37. The topological polar surface area (TPSA) is 72.8 Å². The molecule has 122 valence electrons. The Bertz CT molecular complexity index is 698. The Morgan fingerprint density at radius 3 is 2.91 bits per heavy atom. The van der Waals surface area contributed by atoms with Gasteiger partial charge >= 0.3 is 0 Å². The van der Waals surface area contributed by atoms with Gasteiger partial charge in [0.2, 0.25) is 5.91 Å². The molecule has 0 aliphatic heterocycles. The van der Waals surface area contributed by atoms with E-state index < -0.39 is 0 Å². The number of hydrazone groups is 1. The second-order valence-electron chi connectivity index (χ2n) is 4.70. The van der Waals surface area contributed by atoms with Crippen LogP contribution in [0, 0.1) is 6.92 Å². The maximum atomic E-state index is 11.8. The van der Waals surface area contributed by atoms with Crippen LogP contribution in [0.3, 0.4) is 0 Å². The van der Waals surface area contributed by atoms with Gasteiger partial charge < -0.3 is 9.47 Å². The van der Waals surface area contributed by atoms with E-state index in [1.807, 2.05) is 31.4 Å². The van der Waals surface area contributed by atoms with E-state index >= 15 is 0 Å². The average molecular weight is 333 g/mol. The summed E-state index contributed by atoms with van der Waals surface area (Å²) in [7, 11) is 1.58. The van der Waals surface area contributed by atoms with E-state index in [9.17, 15) is 4.79 Å². The predicted octanol–water partition coefficient (Wildman–Crippen LogP) is 2.55. The van der Waals surface area contributed by atoms with Crippen molar-refractivity contribution >= 4 is 23.5 Å². The van der Waals surface area contributed by atoms with E-state index in [1.54, 1.807) is 19.4 Å². The molecule has 0 bridgehead atoms. The average Bonchev–Trinajstić information content (AvgIpc) is 2.93. The van der Waals surface area contributed by atoms with E-state index in [4.69, 9.17) is 9.47 Å². The number of aromatic nitrogens is 1. The SMILES string of the molecule is CCOc1ccc(/C=N\NC(=O)Cc2nc(C)cs2)cc1OC. The first-order valence-electron chi connectivity index (χ1n) is 7.16. The van der Waals surface area contributed by atoms with E-state index in [2.05, 4.69) is 15.5 Å².